The van der Waals surface area contributed by atoms with Crippen molar-refractivity contribution in [3.05, 3.63) is 77.9 Å². The van der Waals surface area contributed by atoms with Gasteiger partial charge in [0.2, 0.25) is 11.8 Å². The summed E-state index contributed by atoms with van der Waals surface area (Å²) in [4.78, 5) is 28.6. The molecular formula is C31H39N3O7S. The minimum absolute atomic E-state index is 0.00396. The number of nitrogens with one attached hydrogen (secondary N) is 1. The summed E-state index contributed by atoms with van der Waals surface area (Å²) in [5.41, 5.74) is 1.70. The second-order valence-corrected chi connectivity index (χ2v) is 11.9. The molecule has 0 spiro atoms. The maximum Gasteiger partial charge on any atom is 0.264 e. The normalized spacial score (nSPS) is 11.9. The van der Waals surface area contributed by atoms with E-state index in [1.807, 2.05) is 26.8 Å². The van der Waals surface area contributed by atoms with Crippen LogP contribution in [0.5, 0.6) is 17.2 Å². The molecule has 0 aliphatic heterocycles. The van der Waals surface area contributed by atoms with E-state index in [1.54, 1.807) is 49.4 Å². The van der Waals surface area contributed by atoms with Crippen molar-refractivity contribution in [3.8, 4) is 17.2 Å². The second kappa shape index (κ2) is 14.1. The highest BCUT2D eigenvalue weighted by atomic mass is 32.2. The first kappa shape index (κ1) is 32.3. The van der Waals surface area contributed by atoms with Crippen LogP contribution in [-0.4, -0.2) is 65.1 Å². The Balaban J connectivity index is 2.13. The molecule has 0 unspecified atom stereocenters. The fourth-order valence-electron chi connectivity index (χ4n) is 4.30. The summed E-state index contributed by atoms with van der Waals surface area (Å²) in [5.74, 6) is 0.228. The van der Waals surface area contributed by atoms with Gasteiger partial charge in [0, 0.05) is 18.7 Å². The Morgan fingerprint density at radius 2 is 1.50 bits per heavy atom. The summed E-state index contributed by atoms with van der Waals surface area (Å²) in [7, 11) is 0.135. The van der Waals surface area contributed by atoms with Crippen molar-refractivity contribution in [3.63, 3.8) is 0 Å². The van der Waals surface area contributed by atoms with Gasteiger partial charge in [0.25, 0.3) is 10.0 Å². The van der Waals surface area contributed by atoms with E-state index in [4.69, 9.17) is 14.2 Å². The van der Waals surface area contributed by atoms with Crippen LogP contribution in [0.4, 0.5) is 5.69 Å². The summed E-state index contributed by atoms with van der Waals surface area (Å²) < 4.78 is 45.4. The van der Waals surface area contributed by atoms with Crippen LogP contribution in [0.2, 0.25) is 0 Å². The molecule has 0 fully saturated rings. The predicted molar refractivity (Wildman–Crippen MR) is 162 cm³/mol. The lowest BCUT2D eigenvalue weighted by atomic mass is 10.1. The van der Waals surface area contributed by atoms with E-state index >= 15 is 0 Å². The number of carbonyl (C=O) groups excluding carboxylic acids is 2. The zero-order valence-electron chi connectivity index (χ0n) is 25.1. The third-order valence-electron chi connectivity index (χ3n) is 6.63. The lowest BCUT2D eigenvalue weighted by molar-refractivity contribution is -0.139. The van der Waals surface area contributed by atoms with Crippen molar-refractivity contribution in [2.24, 2.45) is 0 Å². The van der Waals surface area contributed by atoms with E-state index in [2.05, 4.69) is 5.32 Å². The molecule has 10 nitrogen and oxygen atoms in total. The molecule has 0 aromatic heterocycles. The van der Waals surface area contributed by atoms with Crippen molar-refractivity contribution in [2.75, 3.05) is 32.2 Å². The third-order valence-corrected chi connectivity index (χ3v) is 8.40. The quantitative estimate of drug-likeness (QED) is 0.315. The van der Waals surface area contributed by atoms with E-state index in [9.17, 15) is 18.0 Å². The van der Waals surface area contributed by atoms with Gasteiger partial charge in [0.1, 0.15) is 29.8 Å². The Morgan fingerprint density at radius 1 is 0.857 bits per heavy atom. The summed E-state index contributed by atoms with van der Waals surface area (Å²) in [6.45, 7) is 6.54. The van der Waals surface area contributed by atoms with Crippen molar-refractivity contribution in [1.29, 1.82) is 0 Å². The molecule has 42 heavy (non-hydrogen) atoms. The van der Waals surface area contributed by atoms with Crippen molar-refractivity contribution < 1.29 is 32.2 Å². The van der Waals surface area contributed by atoms with Gasteiger partial charge in [-0.1, -0.05) is 29.8 Å². The molecule has 11 heteroatoms. The number of hydrogen-bond donors (Lipinski definition) is 1. The highest BCUT2D eigenvalue weighted by molar-refractivity contribution is 7.92. The average Bonchev–Trinajstić information content (AvgIpc) is 2.97. The minimum atomic E-state index is -4.28. The topological polar surface area (TPSA) is 114 Å². The Kier molecular flexibility index (Phi) is 10.8. The summed E-state index contributed by atoms with van der Waals surface area (Å²) in [6.07, 6.45) is 0. The van der Waals surface area contributed by atoms with E-state index in [-0.39, 0.29) is 34.8 Å². The third kappa shape index (κ3) is 7.73. The SMILES string of the molecule is COc1cccc(CN(C(=O)CN(c2cc(OC)ccc2OC)S(=O)(=O)c2ccc(C)cc2)[C@@H](C)C(=O)NC(C)C)c1. The number of rotatable bonds is 13. The zero-order valence-corrected chi connectivity index (χ0v) is 25.9. The Hall–Kier alpha value is -4.25. The standard InChI is InChI=1S/C31H39N3O7S/c1-21(2)32-31(36)23(4)33(19-24-9-8-10-25(17-24)39-5)30(35)20-34(28-18-26(40-6)13-16-29(28)41-7)42(37,38)27-14-11-22(3)12-15-27/h8-18,21,23H,19-20H2,1-7H3,(H,32,36)/t23-/m0/s1. The number of sulfonamides is 1. The molecular weight excluding hydrogens is 558 g/mol. The van der Waals surface area contributed by atoms with E-state index in [0.717, 1.165) is 9.87 Å². The van der Waals surface area contributed by atoms with Crippen LogP contribution in [-0.2, 0) is 26.2 Å². The van der Waals surface area contributed by atoms with Gasteiger partial charge in [-0.2, -0.15) is 0 Å². The number of hydrogen-bond acceptors (Lipinski definition) is 7. The lowest BCUT2D eigenvalue weighted by Crippen LogP contribution is -2.52. The number of carbonyl (C=O) groups is 2. The molecule has 0 saturated carbocycles. The number of ether oxygens (including phenoxy) is 3. The van der Waals surface area contributed by atoms with Crippen LogP contribution in [0, 0.1) is 6.92 Å². The van der Waals surface area contributed by atoms with Crippen molar-refractivity contribution >= 4 is 27.5 Å². The summed E-state index contributed by atoms with van der Waals surface area (Å²) in [5, 5.41) is 2.84. The summed E-state index contributed by atoms with van der Waals surface area (Å²) >= 11 is 0. The molecule has 0 radical (unpaired) electrons. The maximum absolute atomic E-state index is 14.1. The Labute approximate surface area is 248 Å². The van der Waals surface area contributed by atoms with Crippen LogP contribution < -0.4 is 23.8 Å². The van der Waals surface area contributed by atoms with Gasteiger partial charge in [-0.3, -0.25) is 13.9 Å². The first-order valence-corrected chi connectivity index (χ1v) is 14.9. The van der Waals surface area contributed by atoms with Crippen molar-refractivity contribution in [1.82, 2.24) is 10.2 Å². The minimum Gasteiger partial charge on any atom is -0.497 e. The Bertz CT molecular complexity index is 1490. The largest absolute Gasteiger partial charge is 0.497 e. The molecule has 2 amide bonds. The number of amides is 2. The highest BCUT2D eigenvalue weighted by Crippen LogP contribution is 2.36. The fraction of sp³-hybridized carbons (Fsp3) is 0.355. The molecule has 3 rings (SSSR count). The van der Waals surface area contributed by atoms with Gasteiger partial charge in [-0.05, 0) is 69.7 Å². The Morgan fingerprint density at radius 3 is 2.10 bits per heavy atom. The predicted octanol–water partition coefficient (Wildman–Crippen LogP) is 4.16. The molecule has 226 valence electrons. The van der Waals surface area contributed by atoms with Gasteiger partial charge in [-0.15, -0.1) is 0 Å². The molecule has 1 atom stereocenters. The van der Waals surface area contributed by atoms with E-state index in [0.29, 0.717) is 17.1 Å². The van der Waals surface area contributed by atoms with Gasteiger partial charge in [-0.25, -0.2) is 8.42 Å². The zero-order chi connectivity index (χ0) is 31.0. The van der Waals surface area contributed by atoms with Crippen LogP contribution >= 0.6 is 0 Å². The van der Waals surface area contributed by atoms with E-state index in [1.165, 1.54) is 44.4 Å². The average molecular weight is 598 g/mol. The number of nitrogens with zero attached hydrogens (tertiary/aromatic N) is 2. The number of methoxy groups -OCH3 is 3. The summed E-state index contributed by atoms with van der Waals surface area (Å²) in [6, 6.07) is 17.1. The molecule has 0 saturated heterocycles. The van der Waals surface area contributed by atoms with Crippen LogP contribution in [0.3, 0.4) is 0 Å². The maximum atomic E-state index is 14.1. The molecule has 1 N–H and O–H groups in total. The highest BCUT2D eigenvalue weighted by Gasteiger charge is 2.34. The number of anilines is 1. The first-order valence-electron chi connectivity index (χ1n) is 13.5. The number of benzene rings is 3. The lowest BCUT2D eigenvalue weighted by Gasteiger charge is -2.32. The van der Waals surface area contributed by atoms with Gasteiger partial charge in [0.05, 0.1) is 31.9 Å². The van der Waals surface area contributed by atoms with Crippen LogP contribution in [0.15, 0.2) is 71.6 Å². The van der Waals surface area contributed by atoms with Gasteiger partial charge < -0.3 is 24.4 Å². The molecule has 0 aliphatic rings. The molecule has 0 bridgehead atoms. The smallest absolute Gasteiger partial charge is 0.264 e. The molecule has 0 aliphatic carbocycles. The van der Waals surface area contributed by atoms with Gasteiger partial charge in [0.15, 0.2) is 0 Å². The molecule has 0 heterocycles. The molecule has 3 aromatic carbocycles. The van der Waals surface area contributed by atoms with E-state index < -0.39 is 28.5 Å². The van der Waals surface area contributed by atoms with Crippen molar-refractivity contribution in [2.45, 2.75) is 51.2 Å². The van der Waals surface area contributed by atoms with Crippen LogP contribution in [0.1, 0.15) is 31.9 Å². The molecule has 3 aromatic rings. The second-order valence-electron chi connectivity index (χ2n) is 10.1. The van der Waals surface area contributed by atoms with Crippen LogP contribution in [0.25, 0.3) is 0 Å². The fourth-order valence-corrected chi connectivity index (χ4v) is 5.71. The first-order chi connectivity index (χ1) is 19.9. The van der Waals surface area contributed by atoms with Gasteiger partial charge >= 0.3 is 0 Å². The number of aryl methyl sites for hydroxylation is 1. The monoisotopic (exact) mass is 597 g/mol.